The first-order chi connectivity index (χ1) is 10.3. The van der Waals surface area contributed by atoms with Gasteiger partial charge < -0.3 is 5.11 Å². The molecule has 2 rings (SSSR count). The van der Waals surface area contributed by atoms with Gasteiger partial charge in [0.25, 0.3) is 5.91 Å². The first kappa shape index (κ1) is 16.0. The van der Waals surface area contributed by atoms with E-state index in [0.29, 0.717) is 11.3 Å². The van der Waals surface area contributed by atoms with E-state index in [2.05, 4.69) is 20.2 Å². The van der Waals surface area contributed by atoms with E-state index in [1.54, 1.807) is 0 Å². The fourth-order valence-corrected chi connectivity index (χ4v) is 2.74. The molecular weight excluding hydrogens is 332 g/mol. The summed E-state index contributed by atoms with van der Waals surface area (Å²) in [6.45, 7) is 0. The maximum atomic E-state index is 11.9. The van der Waals surface area contributed by atoms with Gasteiger partial charge in [0.05, 0.1) is 4.90 Å². The second-order valence-electron chi connectivity index (χ2n) is 3.90. The molecule has 0 radical (unpaired) electrons. The second kappa shape index (κ2) is 6.17. The van der Waals surface area contributed by atoms with E-state index in [1.165, 1.54) is 31.3 Å². The third-order valence-corrected chi connectivity index (χ3v) is 4.78. The van der Waals surface area contributed by atoms with Gasteiger partial charge in [-0.1, -0.05) is 11.3 Å². The van der Waals surface area contributed by atoms with Gasteiger partial charge in [-0.2, -0.15) is 0 Å². The number of rotatable bonds is 5. The quantitative estimate of drug-likeness (QED) is 0.714. The maximum absolute atomic E-state index is 11.9. The average molecular weight is 342 g/mol. The number of carboxylic acid groups (broad SMARTS) is 1. The Morgan fingerprint density at radius 1 is 1.18 bits per heavy atom. The van der Waals surface area contributed by atoms with Crippen LogP contribution in [0.5, 0.6) is 0 Å². The van der Waals surface area contributed by atoms with Gasteiger partial charge >= 0.3 is 5.97 Å². The van der Waals surface area contributed by atoms with E-state index < -0.39 is 21.9 Å². The van der Waals surface area contributed by atoms with E-state index in [9.17, 15) is 18.0 Å². The zero-order valence-electron chi connectivity index (χ0n) is 11.1. The summed E-state index contributed by atoms with van der Waals surface area (Å²) >= 11 is 0.715. The molecule has 116 valence electrons. The van der Waals surface area contributed by atoms with Crippen LogP contribution in [0.1, 0.15) is 20.2 Å². The lowest BCUT2D eigenvalue weighted by atomic mass is 10.2. The largest absolute Gasteiger partial charge is 0.476 e. The summed E-state index contributed by atoms with van der Waals surface area (Å²) in [5.74, 6) is -1.79. The van der Waals surface area contributed by atoms with Crippen LogP contribution in [-0.4, -0.2) is 42.6 Å². The number of aromatic nitrogens is 2. The number of nitrogens with one attached hydrogen (secondary N) is 2. The van der Waals surface area contributed by atoms with Crippen LogP contribution in [0.4, 0.5) is 5.13 Å². The first-order valence-corrected chi connectivity index (χ1v) is 8.05. The number of hydrogen-bond acceptors (Lipinski definition) is 7. The summed E-state index contributed by atoms with van der Waals surface area (Å²) in [5, 5.41) is 17.8. The van der Waals surface area contributed by atoms with Crippen molar-refractivity contribution in [2.75, 3.05) is 12.4 Å². The Bertz CT molecular complexity index is 813. The number of sulfonamides is 1. The van der Waals surface area contributed by atoms with Crippen molar-refractivity contribution in [2.24, 2.45) is 0 Å². The minimum atomic E-state index is -3.57. The molecule has 1 aromatic heterocycles. The minimum Gasteiger partial charge on any atom is -0.476 e. The SMILES string of the molecule is CNS(=O)(=O)c1ccc(C(=O)Nc2nnc(C(=O)O)s2)cc1. The van der Waals surface area contributed by atoms with Crippen LogP contribution in [0.25, 0.3) is 0 Å². The Hall–Kier alpha value is -2.37. The van der Waals surface area contributed by atoms with Crippen molar-refractivity contribution in [3.8, 4) is 0 Å². The highest BCUT2D eigenvalue weighted by atomic mass is 32.2. The molecule has 0 saturated carbocycles. The highest BCUT2D eigenvalue weighted by molar-refractivity contribution is 7.89. The minimum absolute atomic E-state index is 0.0237. The molecule has 11 heteroatoms. The fraction of sp³-hybridized carbons (Fsp3) is 0.0909. The molecule has 0 aliphatic rings. The van der Waals surface area contributed by atoms with Crippen LogP contribution < -0.4 is 10.0 Å². The molecule has 0 fully saturated rings. The van der Waals surface area contributed by atoms with Crippen molar-refractivity contribution < 1.29 is 23.1 Å². The van der Waals surface area contributed by atoms with Crippen LogP contribution in [0.3, 0.4) is 0 Å². The molecule has 0 aliphatic heterocycles. The van der Waals surface area contributed by atoms with Gasteiger partial charge in [-0.25, -0.2) is 17.9 Å². The zero-order valence-corrected chi connectivity index (χ0v) is 12.7. The molecule has 0 spiro atoms. The standard InChI is InChI=1S/C11H10N4O5S2/c1-12-22(19,20)7-4-2-6(3-5-7)8(16)13-11-15-14-9(21-11)10(17)18/h2-5,12H,1H3,(H,17,18)(H,13,15,16). The molecule has 2 aromatic rings. The zero-order chi connectivity index (χ0) is 16.3. The Labute approximate surface area is 129 Å². The van der Waals surface area contributed by atoms with Crippen LogP contribution in [0, 0.1) is 0 Å². The smallest absolute Gasteiger partial charge is 0.367 e. The summed E-state index contributed by atoms with van der Waals surface area (Å²) in [6.07, 6.45) is 0. The summed E-state index contributed by atoms with van der Waals surface area (Å²) in [6, 6.07) is 5.23. The van der Waals surface area contributed by atoms with Crippen molar-refractivity contribution in [3.63, 3.8) is 0 Å². The van der Waals surface area contributed by atoms with E-state index in [0.717, 1.165) is 0 Å². The van der Waals surface area contributed by atoms with Gasteiger partial charge in [0.1, 0.15) is 0 Å². The van der Waals surface area contributed by atoms with Gasteiger partial charge in [0.15, 0.2) is 0 Å². The molecule has 3 N–H and O–H groups in total. The number of hydrogen-bond donors (Lipinski definition) is 3. The summed E-state index contributed by atoms with van der Waals surface area (Å²) in [7, 11) is -2.29. The van der Waals surface area contributed by atoms with Crippen LogP contribution in [0.15, 0.2) is 29.2 Å². The normalized spacial score (nSPS) is 11.1. The molecule has 1 aromatic carbocycles. The molecule has 0 saturated heterocycles. The van der Waals surface area contributed by atoms with Crippen molar-refractivity contribution in [2.45, 2.75) is 4.90 Å². The van der Waals surface area contributed by atoms with Gasteiger partial charge in [-0.05, 0) is 31.3 Å². The Morgan fingerprint density at radius 2 is 1.82 bits per heavy atom. The Kier molecular flexibility index (Phi) is 4.49. The van der Waals surface area contributed by atoms with Gasteiger partial charge in [0.2, 0.25) is 20.2 Å². The molecule has 1 heterocycles. The number of aromatic carboxylic acids is 1. The maximum Gasteiger partial charge on any atom is 0.367 e. The summed E-state index contributed by atoms with van der Waals surface area (Å²) < 4.78 is 25.3. The highest BCUT2D eigenvalue weighted by Crippen LogP contribution is 2.17. The monoisotopic (exact) mass is 342 g/mol. The molecular formula is C11H10N4O5S2. The number of carbonyl (C=O) groups excluding carboxylic acids is 1. The third kappa shape index (κ3) is 3.44. The van der Waals surface area contributed by atoms with E-state index >= 15 is 0 Å². The summed E-state index contributed by atoms with van der Waals surface area (Å²) in [4.78, 5) is 22.6. The predicted octanol–water partition coefficient (Wildman–Crippen LogP) is 0.397. The highest BCUT2D eigenvalue weighted by Gasteiger charge is 2.15. The topological polar surface area (TPSA) is 138 Å². The lowest BCUT2D eigenvalue weighted by Gasteiger charge is -2.04. The number of anilines is 1. The van der Waals surface area contributed by atoms with Crippen molar-refractivity contribution in [1.82, 2.24) is 14.9 Å². The third-order valence-electron chi connectivity index (χ3n) is 2.52. The molecule has 1 amide bonds. The average Bonchev–Trinajstić information content (AvgIpc) is 2.96. The Balaban J connectivity index is 2.14. The molecule has 0 bridgehead atoms. The second-order valence-corrected chi connectivity index (χ2v) is 6.77. The molecule has 0 unspecified atom stereocenters. The van der Waals surface area contributed by atoms with Gasteiger partial charge in [-0.15, -0.1) is 10.2 Å². The Morgan fingerprint density at radius 3 is 2.32 bits per heavy atom. The van der Waals surface area contributed by atoms with E-state index in [4.69, 9.17) is 5.11 Å². The number of amides is 1. The van der Waals surface area contributed by atoms with Crippen LogP contribution >= 0.6 is 11.3 Å². The number of nitrogens with zero attached hydrogens (tertiary/aromatic N) is 2. The van der Waals surface area contributed by atoms with E-state index in [1.807, 2.05) is 0 Å². The van der Waals surface area contributed by atoms with Crippen molar-refractivity contribution in [3.05, 3.63) is 34.8 Å². The molecule has 22 heavy (non-hydrogen) atoms. The first-order valence-electron chi connectivity index (χ1n) is 5.75. The van der Waals surface area contributed by atoms with Gasteiger partial charge in [-0.3, -0.25) is 10.1 Å². The summed E-state index contributed by atoms with van der Waals surface area (Å²) in [5.41, 5.74) is 0.196. The number of carbonyl (C=O) groups is 2. The number of benzene rings is 1. The number of carboxylic acids is 1. The molecule has 0 atom stereocenters. The molecule has 9 nitrogen and oxygen atoms in total. The van der Waals surface area contributed by atoms with Gasteiger partial charge in [0, 0.05) is 5.56 Å². The predicted molar refractivity (Wildman–Crippen MR) is 77.5 cm³/mol. The van der Waals surface area contributed by atoms with Crippen molar-refractivity contribution in [1.29, 1.82) is 0 Å². The fourth-order valence-electron chi connectivity index (χ4n) is 1.43. The van der Waals surface area contributed by atoms with E-state index in [-0.39, 0.29) is 20.6 Å². The van der Waals surface area contributed by atoms with Crippen molar-refractivity contribution >= 4 is 38.4 Å². The van der Waals surface area contributed by atoms with Crippen LogP contribution in [-0.2, 0) is 10.0 Å². The van der Waals surface area contributed by atoms with Crippen LogP contribution in [0.2, 0.25) is 0 Å². The lowest BCUT2D eigenvalue weighted by molar-refractivity contribution is 0.0695. The molecule has 0 aliphatic carbocycles. The lowest BCUT2D eigenvalue weighted by Crippen LogP contribution is -2.19.